The minimum atomic E-state index is -3.54. The predicted octanol–water partition coefficient (Wildman–Crippen LogP) is 3.03. The van der Waals surface area contributed by atoms with Crippen molar-refractivity contribution in [2.24, 2.45) is 0 Å². The number of nitrogens with one attached hydrogen (secondary N) is 1. The SMILES string of the molecule is O=S(=O)(CCOc1ccccc1)Nc1nnc(-c2ccccc2)s1. The molecule has 6 nitrogen and oxygen atoms in total. The van der Waals surface area contributed by atoms with E-state index >= 15 is 0 Å². The lowest BCUT2D eigenvalue weighted by molar-refractivity contribution is 0.341. The highest BCUT2D eigenvalue weighted by Gasteiger charge is 2.15. The van der Waals surface area contributed by atoms with Gasteiger partial charge in [-0.15, -0.1) is 10.2 Å². The Hall–Kier alpha value is -2.45. The molecule has 24 heavy (non-hydrogen) atoms. The first kappa shape index (κ1) is 16.4. The van der Waals surface area contributed by atoms with E-state index in [9.17, 15) is 8.42 Å². The standard InChI is InChI=1S/C16H15N3O3S2/c20-24(21,12-11-22-14-9-5-2-6-10-14)19-16-18-17-15(23-16)13-7-3-1-4-8-13/h1-10H,11-12H2,(H,18,19). The van der Waals surface area contributed by atoms with Crippen LogP contribution in [-0.2, 0) is 10.0 Å². The van der Waals surface area contributed by atoms with Crippen molar-refractivity contribution in [2.75, 3.05) is 17.1 Å². The van der Waals surface area contributed by atoms with E-state index in [4.69, 9.17) is 4.74 Å². The Morgan fingerprint density at radius 3 is 2.33 bits per heavy atom. The maximum Gasteiger partial charge on any atom is 0.237 e. The Balaban J connectivity index is 1.58. The maximum atomic E-state index is 12.1. The topological polar surface area (TPSA) is 81.2 Å². The summed E-state index contributed by atoms with van der Waals surface area (Å²) in [6.45, 7) is 0.0592. The monoisotopic (exact) mass is 361 g/mol. The van der Waals surface area contributed by atoms with Crippen molar-refractivity contribution in [3.05, 3.63) is 60.7 Å². The molecule has 1 N–H and O–H groups in total. The average Bonchev–Trinajstić information content (AvgIpc) is 3.04. The third-order valence-corrected chi connectivity index (χ3v) is 5.28. The van der Waals surface area contributed by atoms with E-state index in [1.807, 2.05) is 48.5 Å². The number of hydrogen-bond acceptors (Lipinski definition) is 6. The van der Waals surface area contributed by atoms with Crippen LogP contribution in [0.25, 0.3) is 10.6 Å². The first-order chi connectivity index (χ1) is 11.6. The van der Waals surface area contributed by atoms with Crippen LogP contribution in [-0.4, -0.2) is 31.0 Å². The molecule has 0 fully saturated rings. The van der Waals surface area contributed by atoms with Gasteiger partial charge >= 0.3 is 0 Å². The van der Waals surface area contributed by atoms with E-state index in [0.29, 0.717) is 10.8 Å². The number of nitrogens with zero attached hydrogens (tertiary/aromatic N) is 2. The van der Waals surface area contributed by atoms with Gasteiger partial charge < -0.3 is 4.74 Å². The summed E-state index contributed by atoms with van der Waals surface area (Å²) in [5.74, 6) is 0.470. The highest BCUT2D eigenvalue weighted by molar-refractivity contribution is 7.92. The summed E-state index contributed by atoms with van der Waals surface area (Å²) in [7, 11) is -3.54. The highest BCUT2D eigenvalue weighted by Crippen LogP contribution is 2.26. The van der Waals surface area contributed by atoms with E-state index < -0.39 is 10.0 Å². The molecule has 0 spiro atoms. The third-order valence-electron chi connectivity index (χ3n) is 3.05. The van der Waals surface area contributed by atoms with E-state index in [1.54, 1.807) is 12.1 Å². The molecule has 0 radical (unpaired) electrons. The van der Waals surface area contributed by atoms with Crippen LogP contribution in [0.4, 0.5) is 5.13 Å². The first-order valence-electron chi connectivity index (χ1n) is 7.20. The minimum Gasteiger partial charge on any atom is -0.492 e. The Labute approximate surface area is 144 Å². The molecule has 0 aliphatic rings. The maximum absolute atomic E-state index is 12.1. The number of benzene rings is 2. The molecular formula is C16H15N3O3S2. The Morgan fingerprint density at radius 2 is 1.62 bits per heavy atom. The van der Waals surface area contributed by atoms with Crippen LogP contribution in [0.1, 0.15) is 0 Å². The van der Waals surface area contributed by atoms with Crippen LogP contribution in [0.15, 0.2) is 60.7 Å². The molecular weight excluding hydrogens is 346 g/mol. The quantitative estimate of drug-likeness (QED) is 0.699. The molecule has 0 atom stereocenters. The van der Waals surface area contributed by atoms with Gasteiger partial charge in [0, 0.05) is 5.56 Å². The normalized spacial score (nSPS) is 11.2. The van der Waals surface area contributed by atoms with Gasteiger partial charge in [0.05, 0.1) is 0 Å². The second-order valence-electron chi connectivity index (χ2n) is 4.86. The van der Waals surface area contributed by atoms with Crippen LogP contribution >= 0.6 is 11.3 Å². The zero-order chi connectivity index (χ0) is 16.8. The Bertz CT molecular complexity index is 881. The lowest BCUT2D eigenvalue weighted by Gasteiger charge is -2.07. The predicted molar refractivity (Wildman–Crippen MR) is 94.7 cm³/mol. The van der Waals surface area contributed by atoms with Crippen molar-refractivity contribution in [3.63, 3.8) is 0 Å². The summed E-state index contributed by atoms with van der Waals surface area (Å²) in [6, 6.07) is 18.5. The number of ether oxygens (including phenoxy) is 1. The fourth-order valence-electron chi connectivity index (χ4n) is 1.93. The highest BCUT2D eigenvalue weighted by atomic mass is 32.2. The number of rotatable bonds is 7. The third kappa shape index (κ3) is 4.53. The van der Waals surface area contributed by atoms with Crippen LogP contribution in [0.3, 0.4) is 0 Å². The zero-order valence-corrected chi connectivity index (χ0v) is 14.3. The summed E-state index contributed by atoms with van der Waals surface area (Å²) in [5, 5.41) is 8.80. The van der Waals surface area contributed by atoms with Crippen LogP contribution in [0.5, 0.6) is 5.75 Å². The van der Waals surface area contributed by atoms with Gasteiger partial charge in [0.1, 0.15) is 23.1 Å². The van der Waals surface area contributed by atoms with Gasteiger partial charge in [0.2, 0.25) is 15.2 Å². The van der Waals surface area contributed by atoms with Gasteiger partial charge in [-0.2, -0.15) is 0 Å². The van der Waals surface area contributed by atoms with Crippen molar-refractivity contribution in [1.29, 1.82) is 0 Å². The molecule has 0 saturated heterocycles. The Morgan fingerprint density at radius 1 is 0.958 bits per heavy atom. The fourth-order valence-corrected chi connectivity index (χ4v) is 3.79. The summed E-state index contributed by atoms with van der Waals surface area (Å²) in [6.07, 6.45) is 0. The number of anilines is 1. The molecule has 0 amide bonds. The average molecular weight is 361 g/mol. The molecule has 2 aromatic carbocycles. The first-order valence-corrected chi connectivity index (χ1v) is 9.66. The number of para-hydroxylation sites is 1. The van der Waals surface area contributed by atoms with Crippen molar-refractivity contribution < 1.29 is 13.2 Å². The number of sulfonamides is 1. The van der Waals surface area contributed by atoms with E-state index in [1.165, 1.54) is 11.3 Å². The molecule has 0 aliphatic heterocycles. The van der Waals surface area contributed by atoms with Crippen molar-refractivity contribution in [3.8, 4) is 16.3 Å². The smallest absolute Gasteiger partial charge is 0.237 e. The number of aromatic nitrogens is 2. The van der Waals surface area contributed by atoms with Gasteiger partial charge in [0.25, 0.3) is 0 Å². The van der Waals surface area contributed by atoms with Gasteiger partial charge in [0.15, 0.2) is 0 Å². The second-order valence-corrected chi connectivity index (χ2v) is 7.68. The van der Waals surface area contributed by atoms with E-state index in [-0.39, 0.29) is 17.5 Å². The summed E-state index contributed by atoms with van der Waals surface area (Å²) in [4.78, 5) is 0. The van der Waals surface area contributed by atoms with E-state index in [0.717, 1.165) is 5.56 Å². The van der Waals surface area contributed by atoms with Crippen LogP contribution in [0.2, 0.25) is 0 Å². The van der Waals surface area contributed by atoms with E-state index in [2.05, 4.69) is 14.9 Å². The molecule has 124 valence electrons. The number of hydrogen-bond donors (Lipinski definition) is 1. The van der Waals surface area contributed by atoms with Crippen LogP contribution < -0.4 is 9.46 Å². The Kier molecular flexibility index (Phi) is 5.07. The van der Waals surface area contributed by atoms with Crippen molar-refractivity contribution in [1.82, 2.24) is 10.2 Å². The molecule has 1 aromatic heterocycles. The summed E-state index contributed by atoms with van der Waals surface area (Å²) in [5.41, 5.74) is 0.896. The summed E-state index contributed by atoms with van der Waals surface area (Å²) < 4.78 is 32.0. The fraction of sp³-hybridized carbons (Fsp3) is 0.125. The second kappa shape index (κ2) is 7.41. The zero-order valence-electron chi connectivity index (χ0n) is 12.6. The van der Waals surface area contributed by atoms with Crippen LogP contribution in [0, 0.1) is 0 Å². The van der Waals surface area contributed by atoms with Gasteiger partial charge in [-0.25, -0.2) is 8.42 Å². The molecule has 0 saturated carbocycles. The molecule has 8 heteroatoms. The minimum absolute atomic E-state index is 0.0592. The molecule has 0 bridgehead atoms. The van der Waals surface area contributed by atoms with Crippen molar-refractivity contribution >= 4 is 26.5 Å². The molecule has 0 aliphatic carbocycles. The lowest BCUT2D eigenvalue weighted by atomic mass is 10.2. The van der Waals surface area contributed by atoms with Gasteiger partial charge in [-0.3, -0.25) is 4.72 Å². The van der Waals surface area contributed by atoms with Crippen molar-refractivity contribution in [2.45, 2.75) is 0 Å². The largest absolute Gasteiger partial charge is 0.492 e. The molecule has 3 rings (SSSR count). The molecule has 1 heterocycles. The molecule has 3 aromatic rings. The van der Waals surface area contributed by atoms with Gasteiger partial charge in [-0.05, 0) is 12.1 Å². The van der Waals surface area contributed by atoms with Gasteiger partial charge in [-0.1, -0.05) is 59.9 Å². The summed E-state index contributed by atoms with van der Waals surface area (Å²) >= 11 is 1.19. The molecule has 0 unspecified atom stereocenters. The lowest BCUT2D eigenvalue weighted by Crippen LogP contribution is -2.21.